The number of esters is 1. The predicted molar refractivity (Wildman–Crippen MR) is 75.6 cm³/mol. The summed E-state index contributed by atoms with van der Waals surface area (Å²) in [5, 5.41) is 0. The van der Waals surface area contributed by atoms with Gasteiger partial charge in [-0.25, -0.2) is 4.79 Å². The first-order valence-corrected chi connectivity index (χ1v) is 6.32. The standard InChI is InChI=1S/C16H16O4/c1-3-19-13-8-6-7-12(11-13)16(17)20-15-10-5-4-9-14(15)18-2/h4-11H,3H2,1-2H3. The first-order valence-electron chi connectivity index (χ1n) is 6.32. The molecule has 0 heterocycles. The Morgan fingerprint density at radius 1 is 1.05 bits per heavy atom. The molecule has 0 aromatic heterocycles. The van der Waals surface area contributed by atoms with Gasteiger partial charge in [0.1, 0.15) is 5.75 Å². The van der Waals surface area contributed by atoms with Crippen LogP contribution in [-0.4, -0.2) is 19.7 Å². The van der Waals surface area contributed by atoms with Crippen LogP contribution < -0.4 is 14.2 Å². The Kier molecular flexibility index (Phi) is 4.60. The molecule has 0 aliphatic carbocycles. The number of ether oxygens (including phenoxy) is 3. The summed E-state index contributed by atoms with van der Waals surface area (Å²) in [6.45, 7) is 2.44. The van der Waals surface area contributed by atoms with Crippen molar-refractivity contribution >= 4 is 5.97 Å². The van der Waals surface area contributed by atoms with Gasteiger partial charge in [-0.3, -0.25) is 0 Å². The summed E-state index contributed by atoms with van der Waals surface area (Å²) in [5.74, 6) is 1.10. The molecular formula is C16H16O4. The van der Waals surface area contributed by atoms with Gasteiger partial charge in [0.2, 0.25) is 0 Å². The minimum absolute atomic E-state index is 0.391. The molecule has 0 aliphatic rings. The van der Waals surface area contributed by atoms with Gasteiger partial charge in [-0.05, 0) is 37.3 Å². The molecule has 0 N–H and O–H groups in total. The van der Waals surface area contributed by atoms with E-state index < -0.39 is 5.97 Å². The number of rotatable bonds is 5. The Morgan fingerprint density at radius 3 is 2.50 bits per heavy atom. The topological polar surface area (TPSA) is 44.8 Å². The average molecular weight is 272 g/mol. The number of carbonyl (C=O) groups excluding carboxylic acids is 1. The second kappa shape index (κ2) is 6.61. The SMILES string of the molecule is CCOc1cccc(C(=O)Oc2ccccc2OC)c1. The zero-order valence-electron chi connectivity index (χ0n) is 11.5. The van der Waals surface area contributed by atoms with E-state index in [1.807, 2.05) is 13.0 Å². The van der Waals surface area contributed by atoms with Gasteiger partial charge >= 0.3 is 5.97 Å². The zero-order chi connectivity index (χ0) is 14.4. The molecule has 0 saturated heterocycles. The fourth-order valence-electron chi connectivity index (χ4n) is 1.74. The Balaban J connectivity index is 2.17. The minimum Gasteiger partial charge on any atom is -0.494 e. The molecule has 20 heavy (non-hydrogen) atoms. The van der Waals surface area contributed by atoms with E-state index in [0.29, 0.717) is 29.4 Å². The lowest BCUT2D eigenvalue weighted by Gasteiger charge is -2.09. The van der Waals surface area contributed by atoms with Crippen LogP contribution in [0, 0.1) is 0 Å². The van der Waals surface area contributed by atoms with Gasteiger partial charge in [-0.2, -0.15) is 0 Å². The molecular weight excluding hydrogens is 256 g/mol. The molecule has 104 valence electrons. The first-order chi connectivity index (χ1) is 9.74. The van der Waals surface area contributed by atoms with Crippen molar-refractivity contribution in [1.29, 1.82) is 0 Å². The van der Waals surface area contributed by atoms with Crippen molar-refractivity contribution < 1.29 is 19.0 Å². The molecule has 4 heteroatoms. The van der Waals surface area contributed by atoms with Gasteiger partial charge in [0.15, 0.2) is 11.5 Å². The zero-order valence-corrected chi connectivity index (χ0v) is 11.5. The van der Waals surface area contributed by atoms with Gasteiger partial charge in [-0.1, -0.05) is 18.2 Å². The van der Waals surface area contributed by atoms with E-state index in [1.54, 1.807) is 42.5 Å². The number of hydrogen-bond acceptors (Lipinski definition) is 4. The first kappa shape index (κ1) is 13.9. The smallest absolute Gasteiger partial charge is 0.343 e. The number of para-hydroxylation sites is 2. The summed E-state index contributed by atoms with van der Waals surface area (Å²) < 4.78 is 15.8. The number of methoxy groups -OCH3 is 1. The maximum absolute atomic E-state index is 12.1. The number of benzene rings is 2. The molecule has 0 spiro atoms. The minimum atomic E-state index is -0.448. The Morgan fingerprint density at radius 2 is 1.80 bits per heavy atom. The van der Waals surface area contributed by atoms with Crippen molar-refractivity contribution in [3.8, 4) is 17.2 Å². The highest BCUT2D eigenvalue weighted by molar-refractivity contribution is 5.91. The molecule has 2 rings (SSSR count). The van der Waals surface area contributed by atoms with Crippen LogP contribution >= 0.6 is 0 Å². The lowest BCUT2D eigenvalue weighted by molar-refractivity contribution is 0.0729. The lowest BCUT2D eigenvalue weighted by atomic mass is 10.2. The monoisotopic (exact) mass is 272 g/mol. The maximum Gasteiger partial charge on any atom is 0.343 e. The summed E-state index contributed by atoms with van der Waals surface area (Å²) in [5.41, 5.74) is 0.432. The second-order valence-electron chi connectivity index (χ2n) is 4.00. The predicted octanol–water partition coefficient (Wildman–Crippen LogP) is 3.31. The van der Waals surface area contributed by atoms with E-state index in [9.17, 15) is 4.79 Å². The van der Waals surface area contributed by atoms with Gasteiger partial charge in [0, 0.05) is 0 Å². The van der Waals surface area contributed by atoms with E-state index >= 15 is 0 Å². The summed E-state index contributed by atoms with van der Waals surface area (Å²) in [7, 11) is 1.53. The van der Waals surface area contributed by atoms with Crippen LogP contribution in [0.1, 0.15) is 17.3 Å². The van der Waals surface area contributed by atoms with Crippen molar-refractivity contribution in [3.05, 3.63) is 54.1 Å². The van der Waals surface area contributed by atoms with Crippen LogP contribution in [0.3, 0.4) is 0 Å². The maximum atomic E-state index is 12.1. The highest BCUT2D eigenvalue weighted by Crippen LogP contribution is 2.27. The van der Waals surface area contributed by atoms with Crippen LogP contribution in [-0.2, 0) is 0 Å². The van der Waals surface area contributed by atoms with Crippen LogP contribution in [0.15, 0.2) is 48.5 Å². The van der Waals surface area contributed by atoms with Crippen LogP contribution in [0.2, 0.25) is 0 Å². The van der Waals surface area contributed by atoms with E-state index in [2.05, 4.69) is 0 Å². The molecule has 0 radical (unpaired) electrons. The van der Waals surface area contributed by atoms with E-state index in [1.165, 1.54) is 7.11 Å². The Bertz CT molecular complexity index is 593. The molecule has 0 amide bonds. The quantitative estimate of drug-likeness (QED) is 0.618. The molecule has 0 saturated carbocycles. The molecule has 0 fully saturated rings. The molecule has 0 bridgehead atoms. The van der Waals surface area contributed by atoms with Gasteiger partial charge < -0.3 is 14.2 Å². The Labute approximate surface area is 117 Å². The van der Waals surface area contributed by atoms with E-state index in [4.69, 9.17) is 14.2 Å². The Hall–Kier alpha value is -2.49. The molecule has 0 atom stereocenters. The van der Waals surface area contributed by atoms with Crippen LogP contribution in [0.25, 0.3) is 0 Å². The molecule has 2 aromatic rings. The largest absolute Gasteiger partial charge is 0.494 e. The fourth-order valence-corrected chi connectivity index (χ4v) is 1.74. The van der Waals surface area contributed by atoms with Crippen molar-refractivity contribution in [2.75, 3.05) is 13.7 Å². The summed E-state index contributed by atoms with van der Waals surface area (Å²) in [4.78, 5) is 12.1. The third-order valence-corrected chi connectivity index (χ3v) is 2.65. The number of hydrogen-bond donors (Lipinski definition) is 0. The van der Waals surface area contributed by atoms with Gasteiger partial charge in [0.25, 0.3) is 0 Å². The van der Waals surface area contributed by atoms with E-state index in [-0.39, 0.29) is 0 Å². The third-order valence-electron chi connectivity index (χ3n) is 2.65. The molecule has 2 aromatic carbocycles. The van der Waals surface area contributed by atoms with Crippen LogP contribution in [0.5, 0.6) is 17.2 Å². The number of carbonyl (C=O) groups is 1. The summed E-state index contributed by atoms with van der Waals surface area (Å²) >= 11 is 0. The molecule has 4 nitrogen and oxygen atoms in total. The third kappa shape index (κ3) is 3.29. The van der Waals surface area contributed by atoms with Gasteiger partial charge in [-0.15, -0.1) is 0 Å². The summed E-state index contributed by atoms with van der Waals surface area (Å²) in [6, 6.07) is 13.9. The molecule has 0 aliphatic heterocycles. The van der Waals surface area contributed by atoms with Crippen LogP contribution in [0.4, 0.5) is 0 Å². The average Bonchev–Trinajstić information content (AvgIpc) is 2.48. The molecule has 0 unspecified atom stereocenters. The highest BCUT2D eigenvalue weighted by atomic mass is 16.6. The fraction of sp³-hybridized carbons (Fsp3) is 0.188. The van der Waals surface area contributed by atoms with E-state index in [0.717, 1.165) is 0 Å². The van der Waals surface area contributed by atoms with Crippen molar-refractivity contribution in [2.45, 2.75) is 6.92 Å². The van der Waals surface area contributed by atoms with Crippen molar-refractivity contribution in [1.82, 2.24) is 0 Å². The lowest BCUT2D eigenvalue weighted by Crippen LogP contribution is -2.09. The normalized spacial score (nSPS) is 9.90. The van der Waals surface area contributed by atoms with Gasteiger partial charge in [0.05, 0.1) is 19.3 Å². The van der Waals surface area contributed by atoms with Crippen molar-refractivity contribution in [2.24, 2.45) is 0 Å². The second-order valence-corrected chi connectivity index (χ2v) is 4.00. The summed E-state index contributed by atoms with van der Waals surface area (Å²) in [6.07, 6.45) is 0. The van der Waals surface area contributed by atoms with Crippen molar-refractivity contribution in [3.63, 3.8) is 0 Å². The highest BCUT2D eigenvalue weighted by Gasteiger charge is 2.12.